The molecule has 0 spiro atoms. The van der Waals surface area contributed by atoms with Gasteiger partial charge in [-0.25, -0.2) is 4.79 Å². The Morgan fingerprint density at radius 3 is 2.27 bits per heavy atom. The van der Waals surface area contributed by atoms with E-state index in [4.69, 9.17) is 0 Å². The molecule has 0 aliphatic carbocycles. The van der Waals surface area contributed by atoms with Crippen molar-refractivity contribution in [1.29, 1.82) is 0 Å². The standard InChI is InChI=1S/C6H8O4.Na/c1-4(2)6(9)10-3-5(7)8;/h1,3H2,2H3,(H,7,8);/q;+1/p-1. The molecular weight excluding hydrogens is 159 g/mol. The minimum atomic E-state index is -1.42. The Labute approximate surface area is 86.5 Å². The van der Waals surface area contributed by atoms with Crippen molar-refractivity contribution in [3.8, 4) is 0 Å². The molecule has 0 aromatic heterocycles. The average Bonchev–Trinajstić information content (AvgIpc) is 1.82. The van der Waals surface area contributed by atoms with E-state index in [1.54, 1.807) is 0 Å². The van der Waals surface area contributed by atoms with Gasteiger partial charge in [-0.15, -0.1) is 0 Å². The van der Waals surface area contributed by atoms with E-state index in [0.717, 1.165) is 0 Å². The first-order valence-electron chi connectivity index (χ1n) is 2.56. The monoisotopic (exact) mass is 166 g/mol. The third-order valence-corrected chi connectivity index (χ3v) is 0.670. The molecular formula is C6H7NaO4. The molecule has 0 aromatic rings. The molecule has 0 rings (SSSR count). The number of esters is 1. The second-order valence-electron chi connectivity index (χ2n) is 1.73. The van der Waals surface area contributed by atoms with Gasteiger partial charge in [0.1, 0.15) is 6.61 Å². The molecule has 0 aliphatic heterocycles. The number of hydrogen-bond donors (Lipinski definition) is 0. The molecule has 4 nitrogen and oxygen atoms in total. The van der Waals surface area contributed by atoms with Crippen LogP contribution in [0.4, 0.5) is 0 Å². The molecule has 0 atom stereocenters. The van der Waals surface area contributed by atoms with Gasteiger partial charge in [0, 0.05) is 5.57 Å². The summed E-state index contributed by atoms with van der Waals surface area (Å²) in [7, 11) is 0. The van der Waals surface area contributed by atoms with Gasteiger partial charge in [0.05, 0.1) is 5.97 Å². The molecule has 0 aromatic carbocycles. The summed E-state index contributed by atoms with van der Waals surface area (Å²) < 4.78 is 4.16. The summed E-state index contributed by atoms with van der Waals surface area (Å²) in [6, 6.07) is 0. The Morgan fingerprint density at radius 2 is 2.00 bits per heavy atom. The van der Waals surface area contributed by atoms with Crippen molar-refractivity contribution in [1.82, 2.24) is 0 Å². The fourth-order valence-corrected chi connectivity index (χ4v) is 0.248. The molecule has 0 unspecified atom stereocenters. The van der Waals surface area contributed by atoms with Gasteiger partial charge in [-0.2, -0.15) is 0 Å². The normalized spacial score (nSPS) is 7.73. The maximum atomic E-state index is 10.4. The second kappa shape index (κ2) is 6.39. The van der Waals surface area contributed by atoms with Crippen LogP contribution in [0.5, 0.6) is 0 Å². The minimum absolute atomic E-state index is 0. The van der Waals surface area contributed by atoms with Crippen molar-refractivity contribution < 1.29 is 49.0 Å². The molecule has 0 bridgehead atoms. The molecule has 0 aliphatic rings. The van der Waals surface area contributed by atoms with Crippen molar-refractivity contribution in [2.75, 3.05) is 6.61 Å². The molecule has 5 heteroatoms. The van der Waals surface area contributed by atoms with Crippen LogP contribution in [0.3, 0.4) is 0 Å². The maximum Gasteiger partial charge on any atom is 1.00 e. The number of ether oxygens (including phenoxy) is 1. The number of hydrogen-bond acceptors (Lipinski definition) is 4. The van der Waals surface area contributed by atoms with Crippen molar-refractivity contribution in [3.63, 3.8) is 0 Å². The third-order valence-electron chi connectivity index (χ3n) is 0.670. The molecule has 0 amide bonds. The summed E-state index contributed by atoms with van der Waals surface area (Å²) in [5.41, 5.74) is 0.168. The summed E-state index contributed by atoms with van der Waals surface area (Å²) in [5.74, 6) is -2.14. The Bertz CT molecular complexity index is 175. The van der Waals surface area contributed by atoms with Crippen LogP contribution in [0, 0.1) is 0 Å². The van der Waals surface area contributed by atoms with Gasteiger partial charge in [-0.3, -0.25) is 0 Å². The van der Waals surface area contributed by atoms with Gasteiger partial charge < -0.3 is 14.6 Å². The molecule has 0 N–H and O–H groups in total. The summed E-state index contributed by atoms with van der Waals surface area (Å²) in [4.78, 5) is 20.1. The van der Waals surface area contributed by atoms with Gasteiger partial charge >= 0.3 is 35.5 Å². The second-order valence-corrected chi connectivity index (χ2v) is 1.73. The number of carboxylic acid groups (broad SMARTS) is 1. The molecule has 0 heterocycles. The Morgan fingerprint density at radius 1 is 1.55 bits per heavy atom. The summed E-state index contributed by atoms with van der Waals surface area (Å²) >= 11 is 0. The predicted molar refractivity (Wildman–Crippen MR) is 30.8 cm³/mol. The molecule has 56 valence electrons. The van der Waals surface area contributed by atoms with E-state index >= 15 is 0 Å². The molecule has 11 heavy (non-hydrogen) atoms. The number of rotatable bonds is 3. The van der Waals surface area contributed by atoms with Gasteiger partial charge in [-0.05, 0) is 6.92 Å². The Balaban J connectivity index is 0. The minimum Gasteiger partial charge on any atom is -0.546 e. The SMILES string of the molecule is C=C(C)C(=O)OCC(=O)[O-].[Na+]. The fraction of sp³-hybridized carbons (Fsp3) is 0.333. The van der Waals surface area contributed by atoms with Crippen LogP contribution >= 0.6 is 0 Å². The van der Waals surface area contributed by atoms with E-state index in [2.05, 4.69) is 11.3 Å². The van der Waals surface area contributed by atoms with Crippen LogP contribution in [0.2, 0.25) is 0 Å². The van der Waals surface area contributed by atoms with E-state index in [1.807, 2.05) is 0 Å². The van der Waals surface area contributed by atoms with Gasteiger partial charge in [0.15, 0.2) is 0 Å². The van der Waals surface area contributed by atoms with E-state index in [0.29, 0.717) is 0 Å². The van der Waals surface area contributed by atoms with Crippen molar-refractivity contribution in [2.24, 2.45) is 0 Å². The number of aliphatic carboxylic acids is 1. The number of carbonyl (C=O) groups is 2. The van der Waals surface area contributed by atoms with Crippen LogP contribution < -0.4 is 34.7 Å². The number of carboxylic acids is 1. The largest absolute Gasteiger partial charge is 1.00 e. The van der Waals surface area contributed by atoms with Crippen molar-refractivity contribution >= 4 is 11.9 Å². The van der Waals surface area contributed by atoms with E-state index in [1.165, 1.54) is 6.92 Å². The predicted octanol–water partition coefficient (Wildman–Crippen LogP) is -4.14. The van der Waals surface area contributed by atoms with Crippen LogP contribution in [0.1, 0.15) is 6.92 Å². The fourth-order valence-electron chi connectivity index (χ4n) is 0.248. The van der Waals surface area contributed by atoms with Crippen molar-refractivity contribution in [3.05, 3.63) is 12.2 Å². The smallest absolute Gasteiger partial charge is 0.546 e. The van der Waals surface area contributed by atoms with E-state index in [-0.39, 0.29) is 35.1 Å². The van der Waals surface area contributed by atoms with Gasteiger partial charge in [0.2, 0.25) is 0 Å². The molecule has 0 fully saturated rings. The molecule has 0 saturated carbocycles. The zero-order valence-electron chi connectivity index (χ0n) is 6.55. The summed E-state index contributed by atoms with van der Waals surface area (Å²) in [6.07, 6.45) is 0. The van der Waals surface area contributed by atoms with Crippen LogP contribution in [-0.2, 0) is 14.3 Å². The Kier molecular flexibility index (Phi) is 7.72. The van der Waals surface area contributed by atoms with Crippen LogP contribution in [0.15, 0.2) is 12.2 Å². The van der Waals surface area contributed by atoms with Crippen LogP contribution in [-0.4, -0.2) is 18.5 Å². The molecule has 0 radical (unpaired) electrons. The zero-order chi connectivity index (χ0) is 8.15. The average molecular weight is 166 g/mol. The van der Waals surface area contributed by atoms with Gasteiger partial charge in [-0.1, -0.05) is 6.58 Å². The topological polar surface area (TPSA) is 66.4 Å². The van der Waals surface area contributed by atoms with Gasteiger partial charge in [0.25, 0.3) is 0 Å². The first-order chi connectivity index (χ1) is 4.54. The number of carbonyl (C=O) groups excluding carboxylic acids is 2. The van der Waals surface area contributed by atoms with E-state index in [9.17, 15) is 14.7 Å². The summed E-state index contributed by atoms with van der Waals surface area (Å²) in [5, 5.41) is 9.71. The third kappa shape index (κ3) is 7.58. The van der Waals surface area contributed by atoms with E-state index < -0.39 is 18.5 Å². The zero-order valence-corrected chi connectivity index (χ0v) is 8.55. The maximum absolute atomic E-state index is 10.4. The quantitative estimate of drug-likeness (QED) is 0.242. The van der Waals surface area contributed by atoms with Crippen molar-refractivity contribution in [2.45, 2.75) is 6.92 Å². The molecule has 0 saturated heterocycles. The first kappa shape index (κ1) is 13.3. The van der Waals surface area contributed by atoms with Crippen LogP contribution in [0.25, 0.3) is 0 Å². The summed E-state index contributed by atoms with van der Waals surface area (Å²) in [6.45, 7) is 3.96. The Hall–Kier alpha value is -0.320. The first-order valence-corrected chi connectivity index (χ1v) is 2.56.